The van der Waals surface area contributed by atoms with Crippen LogP contribution in [0.5, 0.6) is 0 Å². The SMILES string of the molecule is [CH2]CCC(C)OS. The lowest BCUT2D eigenvalue weighted by Gasteiger charge is -2.02. The van der Waals surface area contributed by atoms with Crippen LogP contribution in [0.4, 0.5) is 0 Å². The van der Waals surface area contributed by atoms with E-state index in [9.17, 15) is 0 Å². The highest BCUT2D eigenvalue weighted by Gasteiger charge is 1.94. The van der Waals surface area contributed by atoms with E-state index in [-0.39, 0.29) is 6.10 Å². The fourth-order valence-corrected chi connectivity index (χ4v) is 0.446. The molecule has 0 aliphatic rings. The first kappa shape index (κ1) is 7.31. The largest absolute Gasteiger partial charge is 0.316 e. The van der Waals surface area contributed by atoms with Crippen molar-refractivity contribution in [2.24, 2.45) is 0 Å². The zero-order valence-electron chi connectivity index (χ0n) is 4.55. The standard InChI is InChI=1S/C5H11OS/c1-3-4-5(2)6-7/h5,7H,1,3-4H2,2H3. The third-order valence-electron chi connectivity index (χ3n) is 0.791. The van der Waals surface area contributed by atoms with Gasteiger partial charge in [-0.05, 0) is 26.3 Å². The first-order chi connectivity index (χ1) is 3.31. The van der Waals surface area contributed by atoms with Crippen LogP contribution in [0.1, 0.15) is 19.8 Å². The van der Waals surface area contributed by atoms with Crippen LogP contribution in [0, 0.1) is 6.92 Å². The van der Waals surface area contributed by atoms with Gasteiger partial charge in [0.15, 0.2) is 0 Å². The summed E-state index contributed by atoms with van der Waals surface area (Å²) in [5, 5.41) is 0. The molecule has 0 spiro atoms. The van der Waals surface area contributed by atoms with Crippen LogP contribution in [-0.4, -0.2) is 6.10 Å². The second kappa shape index (κ2) is 4.47. The Kier molecular flexibility index (Phi) is 4.67. The minimum Gasteiger partial charge on any atom is -0.316 e. The fraction of sp³-hybridized carbons (Fsp3) is 0.800. The van der Waals surface area contributed by atoms with E-state index in [1.807, 2.05) is 6.92 Å². The van der Waals surface area contributed by atoms with Crippen molar-refractivity contribution < 1.29 is 4.18 Å². The van der Waals surface area contributed by atoms with Crippen molar-refractivity contribution in [1.29, 1.82) is 0 Å². The highest BCUT2D eigenvalue weighted by Crippen LogP contribution is 2.00. The molecule has 7 heavy (non-hydrogen) atoms. The molecule has 0 aromatic heterocycles. The average molecular weight is 119 g/mol. The molecule has 0 aromatic carbocycles. The number of thiol groups is 1. The van der Waals surface area contributed by atoms with Gasteiger partial charge < -0.3 is 4.18 Å². The maximum atomic E-state index is 4.64. The number of rotatable bonds is 3. The van der Waals surface area contributed by atoms with Gasteiger partial charge in [-0.2, -0.15) is 0 Å². The Morgan fingerprint density at radius 3 is 2.57 bits per heavy atom. The Bertz CT molecular complexity index is 39.1. The molecule has 0 aliphatic heterocycles. The molecule has 0 heterocycles. The molecular formula is C5H11OS. The summed E-state index contributed by atoms with van der Waals surface area (Å²) in [5.41, 5.74) is 0. The van der Waals surface area contributed by atoms with E-state index in [4.69, 9.17) is 0 Å². The van der Waals surface area contributed by atoms with Crippen molar-refractivity contribution in [3.8, 4) is 0 Å². The monoisotopic (exact) mass is 119 g/mol. The van der Waals surface area contributed by atoms with Gasteiger partial charge in [0.1, 0.15) is 0 Å². The molecule has 1 nitrogen and oxygen atoms in total. The summed E-state index contributed by atoms with van der Waals surface area (Å²) in [6.07, 6.45) is 2.16. The molecule has 0 bridgehead atoms. The lowest BCUT2D eigenvalue weighted by atomic mass is 10.2. The van der Waals surface area contributed by atoms with Gasteiger partial charge >= 0.3 is 0 Å². The second-order valence-corrected chi connectivity index (χ2v) is 1.77. The molecule has 0 N–H and O–H groups in total. The summed E-state index contributed by atoms with van der Waals surface area (Å²) in [6, 6.07) is 0. The van der Waals surface area contributed by atoms with Crippen LogP contribution >= 0.6 is 12.9 Å². The topological polar surface area (TPSA) is 9.23 Å². The first-order valence-electron chi connectivity index (χ1n) is 2.40. The fourth-order valence-electron chi connectivity index (χ4n) is 0.340. The van der Waals surface area contributed by atoms with E-state index in [1.54, 1.807) is 0 Å². The molecule has 0 aromatic rings. The Hall–Kier alpha value is 0.310. The zero-order chi connectivity index (χ0) is 5.70. The van der Waals surface area contributed by atoms with Gasteiger partial charge in [-0.15, -0.1) is 0 Å². The Morgan fingerprint density at radius 2 is 2.43 bits per heavy atom. The van der Waals surface area contributed by atoms with Crippen LogP contribution < -0.4 is 0 Å². The van der Waals surface area contributed by atoms with Gasteiger partial charge in [0.25, 0.3) is 0 Å². The van der Waals surface area contributed by atoms with Crippen molar-refractivity contribution in [2.75, 3.05) is 0 Å². The minimum atomic E-state index is 0.251. The van der Waals surface area contributed by atoms with Gasteiger partial charge in [0.2, 0.25) is 0 Å². The lowest BCUT2D eigenvalue weighted by Crippen LogP contribution is -1.98. The van der Waals surface area contributed by atoms with E-state index in [1.165, 1.54) is 0 Å². The molecule has 0 aliphatic carbocycles. The highest BCUT2D eigenvalue weighted by atomic mass is 32.1. The van der Waals surface area contributed by atoms with E-state index >= 15 is 0 Å². The molecule has 1 atom stereocenters. The quantitative estimate of drug-likeness (QED) is 0.440. The minimum absolute atomic E-state index is 0.251. The Morgan fingerprint density at radius 1 is 1.86 bits per heavy atom. The van der Waals surface area contributed by atoms with Gasteiger partial charge in [0, 0.05) is 0 Å². The van der Waals surface area contributed by atoms with Crippen molar-refractivity contribution in [3.05, 3.63) is 6.92 Å². The summed E-state index contributed by atoms with van der Waals surface area (Å²) in [4.78, 5) is 0. The first-order valence-corrected chi connectivity index (χ1v) is 2.77. The predicted octanol–water partition coefficient (Wildman–Crippen LogP) is 1.85. The van der Waals surface area contributed by atoms with Crippen LogP contribution in [0.15, 0.2) is 0 Å². The average Bonchev–Trinajstić information content (AvgIpc) is 1.68. The van der Waals surface area contributed by atoms with Crippen molar-refractivity contribution in [3.63, 3.8) is 0 Å². The molecule has 0 rings (SSSR count). The smallest absolute Gasteiger partial charge is 0.0691 e. The van der Waals surface area contributed by atoms with Crippen molar-refractivity contribution >= 4 is 12.9 Å². The van der Waals surface area contributed by atoms with E-state index < -0.39 is 0 Å². The van der Waals surface area contributed by atoms with Crippen molar-refractivity contribution in [2.45, 2.75) is 25.9 Å². The summed E-state index contributed by atoms with van der Waals surface area (Å²) in [5.74, 6) is 0. The second-order valence-electron chi connectivity index (χ2n) is 1.56. The Balaban J connectivity index is 2.83. The maximum absolute atomic E-state index is 4.64. The van der Waals surface area contributed by atoms with Gasteiger partial charge in [-0.25, -0.2) is 0 Å². The molecule has 1 unspecified atom stereocenters. The molecule has 1 radical (unpaired) electrons. The van der Waals surface area contributed by atoms with Gasteiger partial charge in [0.05, 0.1) is 6.10 Å². The third-order valence-corrected chi connectivity index (χ3v) is 1.15. The van der Waals surface area contributed by atoms with Gasteiger partial charge in [-0.3, -0.25) is 0 Å². The lowest BCUT2D eigenvalue weighted by molar-refractivity contribution is 0.259. The summed E-state index contributed by atoms with van der Waals surface area (Å²) in [7, 11) is 0. The van der Waals surface area contributed by atoms with Crippen LogP contribution in [0.2, 0.25) is 0 Å². The zero-order valence-corrected chi connectivity index (χ0v) is 5.45. The van der Waals surface area contributed by atoms with Crippen LogP contribution in [0.25, 0.3) is 0 Å². The van der Waals surface area contributed by atoms with Crippen molar-refractivity contribution in [1.82, 2.24) is 0 Å². The third kappa shape index (κ3) is 4.16. The van der Waals surface area contributed by atoms with Crippen LogP contribution in [-0.2, 0) is 4.18 Å². The Labute approximate surface area is 50.7 Å². The molecule has 43 valence electrons. The predicted molar refractivity (Wildman–Crippen MR) is 34.1 cm³/mol. The molecule has 2 heteroatoms. The number of hydrogen-bond acceptors (Lipinski definition) is 2. The molecule has 0 saturated heterocycles. The van der Waals surface area contributed by atoms with Crippen LogP contribution in [0.3, 0.4) is 0 Å². The molecular weight excluding hydrogens is 108 g/mol. The molecule has 0 fully saturated rings. The highest BCUT2D eigenvalue weighted by molar-refractivity contribution is 7.75. The van der Waals surface area contributed by atoms with Gasteiger partial charge in [-0.1, -0.05) is 13.3 Å². The van der Waals surface area contributed by atoms with E-state index in [2.05, 4.69) is 24.0 Å². The normalized spacial score (nSPS) is 14.1. The maximum Gasteiger partial charge on any atom is 0.0691 e. The summed E-state index contributed by atoms with van der Waals surface area (Å²) >= 11 is 3.62. The molecule has 0 saturated carbocycles. The van der Waals surface area contributed by atoms with E-state index in [0.29, 0.717) is 0 Å². The van der Waals surface area contributed by atoms with E-state index in [0.717, 1.165) is 12.8 Å². The number of hydrogen-bond donors (Lipinski definition) is 1. The molecule has 0 amide bonds. The summed E-state index contributed by atoms with van der Waals surface area (Å²) in [6.45, 7) is 5.63. The summed E-state index contributed by atoms with van der Waals surface area (Å²) < 4.78 is 4.64.